The van der Waals surface area contributed by atoms with Crippen molar-refractivity contribution in [1.29, 1.82) is 0 Å². The minimum absolute atomic E-state index is 0.0212. The molecule has 0 spiro atoms. The van der Waals surface area contributed by atoms with Crippen molar-refractivity contribution in [1.82, 2.24) is 0 Å². The number of halogens is 2. The minimum atomic E-state index is -5.04. The first-order chi connectivity index (χ1) is 14.4. The summed E-state index contributed by atoms with van der Waals surface area (Å²) in [6, 6.07) is 13.5. The van der Waals surface area contributed by atoms with Crippen LogP contribution in [-0.4, -0.2) is 64.2 Å². The van der Waals surface area contributed by atoms with Crippen LogP contribution in [-0.2, 0) is 19.6 Å². The van der Waals surface area contributed by atoms with Crippen molar-refractivity contribution >= 4 is 21.7 Å². The lowest BCUT2D eigenvalue weighted by Gasteiger charge is -2.32. The van der Waals surface area contributed by atoms with Crippen LogP contribution in [0.5, 0.6) is 0 Å². The lowest BCUT2D eigenvalue weighted by molar-refractivity contribution is -0.156. The van der Waals surface area contributed by atoms with Crippen molar-refractivity contribution in [2.45, 2.75) is 29.8 Å². The molecule has 1 saturated heterocycles. The molecular formula is C20H18F2O8S. The Labute approximate surface area is 175 Å². The second kappa shape index (κ2) is 8.17. The summed E-state index contributed by atoms with van der Waals surface area (Å²) >= 11 is 0. The van der Waals surface area contributed by atoms with Gasteiger partial charge in [0.1, 0.15) is 18.0 Å². The normalized spacial score (nSPS) is 26.4. The monoisotopic (exact) mass is 456 g/mol. The van der Waals surface area contributed by atoms with Crippen LogP contribution in [0.1, 0.15) is 22.0 Å². The van der Waals surface area contributed by atoms with E-state index in [1.165, 1.54) is 42.5 Å². The number of hydrogen-bond donors (Lipinski definition) is 3. The number of ether oxygens (including phenoxy) is 1. The Balaban J connectivity index is 2.09. The van der Waals surface area contributed by atoms with Crippen LogP contribution in [0.25, 0.3) is 0 Å². The Bertz CT molecular complexity index is 1070. The molecule has 0 aromatic heterocycles. The summed E-state index contributed by atoms with van der Waals surface area (Å²) in [6.45, 7) is 0. The van der Waals surface area contributed by atoms with Crippen LogP contribution < -0.4 is 0 Å². The van der Waals surface area contributed by atoms with Crippen LogP contribution in [0.4, 0.5) is 8.78 Å². The maximum Gasteiger partial charge on any atom is 0.313 e. The van der Waals surface area contributed by atoms with Crippen LogP contribution in [0.2, 0.25) is 0 Å². The molecule has 2 aromatic carbocycles. The van der Waals surface area contributed by atoms with Gasteiger partial charge in [0.05, 0.1) is 0 Å². The molecule has 0 aliphatic carbocycles. The topological polar surface area (TPSA) is 138 Å². The molecule has 1 aliphatic rings. The molecule has 8 nitrogen and oxygen atoms in total. The Morgan fingerprint density at radius 3 is 2.06 bits per heavy atom. The molecule has 1 aliphatic heterocycles. The summed E-state index contributed by atoms with van der Waals surface area (Å²) in [6.07, 6.45) is -7.39. The quantitative estimate of drug-likeness (QED) is 0.417. The third-order valence-corrected chi connectivity index (χ3v) is 5.70. The van der Waals surface area contributed by atoms with E-state index in [0.717, 1.165) is 12.1 Å². The van der Waals surface area contributed by atoms with Gasteiger partial charge in [-0.3, -0.25) is 14.1 Å². The molecule has 166 valence electrons. The Morgan fingerprint density at radius 2 is 1.55 bits per heavy atom. The van der Waals surface area contributed by atoms with Gasteiger partial charge in [0, 0.05) is 5.56 Å². The lowest BCUT2D eigenvalue weighted by atomic mass is 9.79. The van der Waals surface area contributed by atoms with Gasteiger partial charge in [0.15, 0.2) is 11.9 Å². The summed E-state index contributed by atoms with van der Waals surface area (Å²) < 4.78 is 66.6. The Hall–Kier alpha value is -2.57. The van der Waals surface area contributed by atoms with Gasteiger partial charge >= 0.3 is 5.92 Å². The van der Waals surface area contributed by atoms with Gasteiger partial charge in [-0.1, -0.05) is 60.7 Å². The second-order valence-corrected chi connectivity index (χ2v) is 8.55. The highest BCUT2D eigenvalue weighted by molar-refractivity contribution is 7.85. The molecule has 2 aromatic rings. The molecule has 1 heterocycles. The van der Waals surface area contributed by atoms with Crippen LogP contribution in [0.15, 0.2) is 60.7 Å². The fourth-order valence-electron chi connectivity index (χ4n) is 3.40. The maximum absolute atomic E-state index is 15.2. The summed E-state index contributed by atoms with van der Waals surface area (Å²) in [4.78, 5) is 25.8. The largest absolute Gasteiger partial charge is 0.380 e. The van der Waals surface area contributed by atoms with Crippen LogP contribution >= 0.6 is 0 Å². The van der Waals surface area contributed by atoms with E-state index >= 15 is 8.78 Å². The highest BCUT2D eigenvalue weighted by atomic mass is 32.2. The number of Topliss-reactive ketones (excluding diaryl/α,β-unsaturated/α-hetero) is 2. The van der Waals surface area contributed by atoms with Gasteiger partial charge in [-0.25, -0.2) is 0 Å². The van der Waals surface area contributed by atoms with E-state index in [0.29, 0.717) is 0 Å². The maximum atomic E-state index is 15.2. The van der Waals surface area contributed by atoms with Crippen molar-refractivity contribution in [3.05, 3.63) is 71.8 Å². The van der Waals surface area contributed by atoms with Crippen molar-refractivity contribution in [2.75, 3.05) is 5.75 Å². The van der Waals surface area contributed by atoms with Crippen molar-refractivity contribution in [3.8, 4) is 0 Å². The fraction of sp³-hybridized carbons (Fsp3) is 0.300. The molecule has 2 unspecified atom stereocenters. The molecule has 3 N–H and O–H groups in total. The first-order valence-corrected chi connectivity index (χ1v) is 10.6. The Morgan fingerprint density at radius 1 is 1.03 bits per heavy atom. The van der Waals surface area contributed by atoms with Gasteiger partial charge in [-0.15, -0.1) is 0 Å². The number of ketones is 2. The number of alkyl halides is 2. The predicted octanol–water partition coefficient (Wildman–Crippen LogP) is 1.19. The van der Waals surface area contributed by atoms with E-state index in [9.17, 15) is 28.2 Å². The molecule has 11 heteroatoms. The molecule has 1 fully saturated rings. The SMILES string of the molecule is O=C(C(O)c1ccccc1)[C@H]1OC(CS(=O)(=O)O)C(F)(F)[C@@]1(O)C(=O)c1ccccc1. The smallest absolute Gasteiger partial charge is 0.313 e. The van der Waals surface area contributed by atoms with Crippen molar-refractivity contribution < 1.29 is 46.3 Å². The van der Waals surface area contributed by atoms with Crippen molar-refractivity contribution in [3.63, 3.8) is 0 Å². The summed E-state index contributed by atoms with van der Waals surface area (Å²) in [5.74, 6) is -9.37. The summed E-state index contributed by atoms with van der Waals surface area (Å²) in [5.41, 5.74) is -4.25. The number of carbonyl (C=O) groups is 2. The van der Waals surface area contributed by atoms with E-state index in [1.54, 1.807) is 6.07 Å². The zero-order valence-electron chi connectivity index (χ0n) is 15.8. The first kappa shape index (κ1) is 23.1. The predicted molar refractivity (Wildman–Crippen MR) is 102 cm³/mol. The zero-order valence-corrected chi connectivity index (χ0v) is 16.6. The molecule has 0 bridgehead atoms. The zero-order chi connectivity index (χ0) is 23.0. The number of rotatable bonds is 7. The molecule has 0 saturated carbocycles. The number of aliphatic hydroxyl groups excluding tert-OH is 1. The van der Waals surface area contributed by atoms with E-state index in [-0.39, 0.29) is 5.56 Å². The van der Waals surface area contributed by atoms with E-state index in [4.69, 9.17) is 9.29 Å². The van der Waals surface area contributed by atoms with Gasteiger partial charge in [0.25, 0.3) is 10.1 Å². The molecular weight excluding hydrogens is 438 g/mol. The van der Waals surface area contributed by atoms with E-state index in [1.807, 2.05) is 0 Å². The highest BCUT2D eigenvalue weighted by Crippen LogP contribution is 2.47. The second-order valence-electron chi connectivity index (χ2n) is 7.05. The third-order valence-electron chi connectivity index (χ3n) is 4.98. The molecule has 31 heavy (non-hydrogen) atoms. The van der Waals surface area contributed by atoms with Crippen molar-refractivity contribution in [2.24, 2.45) is 0 Å². The van der Waals surface area contributed by atoms with E-state index < -0.39 is 62.8 Å². The molecule has 4 atom stereocenters. The molecule has 0 amide bonds. The average Bonchev–Trinajstić information content (AvgIpc) is 2.93. The lowest BCUT2D eigenvalue weighted by Crippen LogP contribution is -2.61. The fourth-order valence-corrected chi connectivity index (χ4v) is 4.07. The average molecular weight is 456 g/mol. The summed E-state index contributed by atoms with van der Waals surface area (Å²) in [7, 11) is -5.04. The molecule has 3 rings (SSSR count). The summed E-state index contributed by atoms with van der Waals surface area (Å²) in [5, 5.41) is 21.3. The third kappa shape index (κ3) is 4.14. The minimum Gasteiger partial charge on any atom is -0.380 e. The van der Waals surface area contributed by atoms with Gasteiger partial charge in [-0.2, -0.15) is 17.2 Å². The number of aliphatic hydroxyl groups is 2. The molecule has 0 radical (unpaired) electrons. The van der Waals surface area contributed by atoms with Gasteiger partial charge in [-0.05, 0) is 5.56 Å². The number of benzene rings is 2. The van der Waals surface area contributed by atoms with Crippen LogP contribution in [0.3, 0.4) is 0 Å². The Kier molecular flexibility index (Phi) is 6.09. The first-order valence-electron chi connectivity index (χ1n) is 8.97. The highest BCUT2D eigenvalue weighted by Gasteiger charge is 2.75. The van der Waals surface area contributed by atoms with Crippen LogP contribution in [0, 0.1) is 0 Å². The number of hydrogen-bond acceptors (Lipinski definition) is 7. The van der Waals surface area contributed by atoms with Gasteiger partial charge < -0.3 is 14.9 Å². The standard InChI is InChI=1S/C20H18F2O8S/c21-20(22)14(11-31(27,28)29)30-18(16(24)15(23)12-7-3-1-4-8-12)19(20,26)17(25)13-9-5-2-6-10-13/h1-10,14-15,18,23,26H,11H2,(H,27,28,29)/t14?,15?,18-,19-/m1/s1. The number of carbonyl (C=O) groups excluding carboxylic acids is 2. The van der Waals surface area contributed by atoms with Gasteiger partial charge in [0.2, 0.25) is 11.4 Å². The van der Waals surface area contributed by atoms with E-state index in [2.05, 4.69) is 0 Å².